The van der Waals surface area contributed by atoms with Crippen molar-refractivity contribution in [3.8, 4) is 0 Å². The zero-order chi connectivity index (χ0) is 14.8. The monoisotopic (exact) mass is 252 g/mol. The molecular weight excluding hydrogens is 220 g/mol. The van der Waals surface area contributed by atoms with E-state index in [2.05, 4.69) is 58.9 Å². The Labute approximate surface area is 114 Å². The van der Waals surface area contributed by atoms with Crippen LogP contribution in [0.15, 0.2) is 24.3 Å². The van der Waals surface area contributed by atoms with Gasteiger partial charge in [0.15, 0.2) is 0 Å². The van der Waals surface area contributed by atoms with E-state index >= 15 is 0 Å². The minimum Gasteiger partial charge on any atom is -0.391 e. The second kappa shape index (κ2) is 10.1. The van der Waals surface area contributed by atoms with Gasteiger partial charge in [0.25, 0.3) is 0 Å². The van der Waals surface area contributed by atoms with Crippen LogP contribution in [-0.2, 0) is 0 Å². The van der Waals surface area contributed by atoms with E-state index in [-0.39, 0.29) is 0 Å². The maximum atomic E-state index is 8.52. The molecule has 0 amide bonds. The molecule has 0 saturated carbocycles. The van der Waals surface area contributed by atoms with Crippen LogP contribution in [0.4, 0.5) is 0 Å². The first-order valence-corrected chi connectivity index (χ1v) is 6.90. The Morgan fingerprint density at radius 1 is 1.11 bits per heavy atom. The van der Waals surface area contributed by atoms with Crippen LogP contribution in [-0.4, -0.2) is 10.7 Å². The van der Waals surface area contributed by atoms with Crippen LogP contribution in [0, 0.1) is 6.92 Å². The topological polar surface area (TPSA) is 20.2 Å². The highest BCUT2D eigenvalue weighted by Gasteiger charge is 1.98. The van der Waals surface area contributed by atoms with Crippen LogP contribution in [0.3, 0.4) is 0 Å². The van der Waals surface area contributed by atoms with Crippen LogP contribution >= 0.6 is 0 Å². The summed E-state index contributed by atoms with van der Waals surface area (Å²) in [5, 5.41) is 8.52. The predicted molar refractivity (Wildman–Crippen MR) is 83.2 cm³/mol. The quantitative estimate of drug-likeness (QED) is 0.718. The number of benzene rings is 1. The molecule has 0 spiro atoms. The Morgan fingerprint density at radius 2 is 1.50 bits per heavy atom. The molecule has 106 valence electrons. The Balaban J connectivity index is 0. The molecule has 0 radical (unpaired) electrons. The van der Waals surface area contributed by atoms with Gasteiger partial charge in [0.05, 0.1) is 5.60 Å². The fourth-order valence-electron chi connectivity index (χ4n) is 1.03. The summed E-state index contributed by atoms with van der Waals surface area (Å²) in [4.78, 5) is 0. The van der Waals surface area contributed by atoms with Crippen molar-refractivity contribution in [2.24, 2.45) is 0 Å². The minimum atomic E-state index is -0.500. The molecule has 1 heteroatoms. The summed E-state index contributed by atoms with van der Waals surface area (Å²) in [6, 6.07) is 8.67. The number of hydrogen-bond donors (Lipinski definition) is 1. The molecule has 1 nitrogen and oxygen atoms in total. The standard InChI is InChI=1S/C10H14.C4H10O.C3H8/c1-8(2)10-6-4-5-9(3)7-10;1-4(2,3)5;1-3-2/h4-8H,1-3H3;5H,1-3H3;3H2,1-2H3. The molecule has 1 aromatic rings. The van der Waals surface area contributed by atoms with E-state index in [4.69, 9.17) is 5.11 Å². The zero-order valence-electron chi connectivity index (χ0n) is 13.5. The van der Waals surface area contributed by atoms with E-state index in [1.165, 1.54) is 17.5 Å². The molecule has 1 aromatic carbocycles. The number of aryl methyl sites for hydroxylation is 1. The van der Waals surface area contributed by atoms with E-state index in [0.29, 0.717) is 5.92 Å². The lowest BCUT2D eigenvalue weighted by molar-refractivity contribution is 0.102. The fraction of sp³-hybridized carbons (Fsp3) is 0.647. The van der Waals surface area contributed by atoms with E-state index in [1.807, 2.05) is 0 Å². The molecule has 1 rings (SSSR count). The van der Waals surface area contributed by atoms with Crippen molar-refractivity contribution in [2.75, 3.05) is 0 Å². The van der Waals surface area contributed by atoms with Gasteiger partial charge in [-0.15, -0.1) is 0 Å². The first-order chi connectivity index (χ1) is 8.11. The van der Waals surface area contributed by atoms with E-state index in [1.54, 1.807) is 20.8 Å². The summed E-state index contributed by atoms with van der Waals surface area (Å²) in [5.74, 6) is 0.653. The molecule has 0 unspecified atom stereocenters. The molecule has 0 aliphatic carbocycles. The summed E-state index contributed by atoms with van der Waals surface area (Å²) < 4.78 is 0. The highest BCUT2D eigenvalue weighted by molar-refractivity contribution is 5.24. The van der Waals surface area contributed by atoms with E-state index in [9.17, 15) is 0 Å². The van der Waals surface area contributed by atoms with Gasteiger partial charge in [0.2, 0.25) is 0 Å². The van der Waals surface area contributed by atoms with Crippen LogP contribution in [0.1, 0.15) is 71.9 Å². The van der Waals surface area contributed by atoms with Crippen molar-refractivity contribution in [2.45, 2.75) is 73.3 Å². The normalized spacial score (nSPS) is 10.1. The van der Waals surface area contributed by atoms with Gasteiger partial charge in [0, 0.05) is 0 Å². The molecule has 0 fully saturated rings. The lowest BCUT2D eigenvalue weighted by Crippen LogP contribution is -2.10. The summed E-state index contributed by atoms with van der Waals surface area (Å²) >= 11 is 0. The Morgan fingerprint density at radius 3 is 1.72 bits per heavy atom. The smallest absolute Gasteiger partial charge is 0.0563 e. The van der Waals surface area contributed by atoms with Gasteiger partial charge in [-0.1, -0.05) is 63.9 Å². The van der Waals surface area contributed by atoms with Crippen molar-refractivity contribution in [1.82, 2.24) is 0 Å². The second-order valence-corrected chi connectivity index (χ2v) is 5.95. The molecule has 0 bridgehead atoms. The van der Waals surface area contributed by atoms with Crippen LogP contribution < -0.4 is 0 Å². The highest BCUT2D eigenvalue weighted by atomic mass is 16.3. The van der Waals surface area contributed by atoms with Crippen LogP contribution in [0.25, 0.3) is 0 Å². The van der Waals surface area contributed by atoms with Crippen molar-refractivity contribution in [1.29, 1.82) is 0 Å². The Bertz CT molecular complexity index is 289. The first kappa shape index (κ1) is 19.5. The first-order valence-electron chi connectivity index (χ1n) is 6.90. The van der Waals surface area contributed by atoms with Gasteiger partial charge in [0.1, 0.15) is 0 Å². The molecule has 1 N–H and O–H groups in total. The molecule has 0 aromatic heterocycles. The van der Waals surface area contributed by atoms with Crippen molar-refractivity contribution < 1.29 is 5.11 Å². The average molecular weight is 252 g/mol. The van der Waals surface area contributed by atoms with E-state index in [0.717, 1.165) is 0 Å². The van der Waals surface area contributed by atoms with Gasteiger partial charge in [-0.2, -0.15) is 0 Å². The third kappa shape index (κ3) is 17.6. The maximum absolute atomic E-state index is 8.52. The molecule has 0 aliphatic rings. The third-order valence-electron chi connectivity index (χ3n) is 1.71. The third-order valence-corrected chi connectivity index (χ3v) is 1.71. The summed E-state index contributed by atoms with van der Waals surface area (Å²) in [6.07, 6.45) is 1.25. The van der Waals surface area contributed by atoms with Crippen molar-refractivity contribution in [3.05, 3.63) is 35.4 Å². The second-order valence-electron chi connectivity index (χ2n) is 5.95. The number of hydrogen-bond acceptors (Lipinski definition) is 1. The average Bonchev–Trinajstić information content (AvgIpc) is 2.16. The molecule has 18 heavy (non-hydrogen) atoms. The molecule has 0 heterocycles. The van der Waals surface area contributed by atoms with Gasteiger partial charge in [-0.3, -0.25) is 0 Å². The lowest BCUT2D eigenvalue weighted by Gasteiger charge is -2.04. The number of rotatable bonds is 1. The predicted octanol–water partition coefficient (Wildman–Crippen LogP) is 5.31. The summed E-state index contributed by atoms with van der Waals surface area (Å²) in [7, 11) is 0. The van der Waals surface area contributed by atoms with Gasteiger partial charge < -0.3 is 5.11 Å². The SMILES string of the molecule is CC(C)(C)O.CCC.Cc1cccc(C(C)C)c1. The van der Waals surface area contributed by atoms with Crippen LogP contribution in [0.2, 0.25) is 0 Å². The van der Waals surface area contributed by atoms with Crippen molar-refractivity contribution in [3.63, 3.8) is 0 Å². The maximum Gasteiger partial charge on any atom is 0.0563 e. The van der Waals surface area contributed by atoms with Gasteiger partial charge in [-0.05, 0) is 39.2 Å². The Hall–Kier alpha value is -0.820. The zero-order valence-corrected chi connectivity index (χ0v) is 13.5. The van der Waals surface area contributed by atoms with Gasteiger partial charge in [-0.25, -0.2) is 0 Å². The Kier molecular flexibility index (Phi) is 11.0. The largest absolute Gasteiger partial charge is 0.391 e. The summed E-state index contributed by atoms with van der Waals surface area (Å²) in [5.41, 5.74) is 2.28. The van der Waals surface area contributed by atoms with Crippen molar-refractivity contribution >= 4 is 0 Å². The lowest BCUT2D eigenvalue weighted by atomic mass is 10.0. The number of aliphatic hydroxyl groups is 1. The van der Waals surface area contributed by atoms with E-state index < -0.39 is 5.60 Å². The summed E-state index contributed by atoms with van der Waals surface area (Å²) in [6.45, 7) is 16.0. The molecular formula is C17H32O. The highest BCUT2D eigenvalue weighted by Crippen LogP contribution is 2.14. The minimum absolute atomic E-state index is 0.500. The van der Waals surface area contributed by atoms with Crippen LogP contribution in [0.5, 0.6) is 0 Å². The molecule has 0 atom stereocenters. The van der Waals surface area contributed by atoms with Gasteiger partial charge >= 0.3 is 0 Å². The molecule has 0 saturated heterocycles. The fourth-order valence-corrected chi connectivity index (χ4v) is 1.03. The molecule has 0 aliphatic heterocycles.